The van der Waals surface area contributed by atoms with Gasteiger partial charge in [-0.2, -0.15) is 5.06 Å². The minimum Gasteiger partial charge on any atom is -0.380 e. The van der Waals surface area contributed by atoms with Crippen molar-refractivity contribution >= 4 is 11.6 Å². The van der Waals surface area contributed by atoms with Gasteiger partial charge in [0.1, 0.15) is 5.82 Å². The second-order valence-electron chi connectivity index (χ2n) is 6.55. The van der Waals surface area contributed by atoms with E-state index in [0.29, 0.717) is 19.5 Å². The molecule has 1 N–H and O–H groups in total. The highest BCUT2D eigenvalue weighted by Crippen LogP contribution is 2.18. The zero-order valence-corrected chi connectivity index (χ0v) is 14.0. The van der Waals surface area contributed by atoms with Crippen LogP contribution >= 0.6 is 0 Å². The van der Waals surface area contributed by atoms with Gasteiger partial charge >= 0.3 is 0 Å². The molecule has 1 amide bonds. The first-order valence-electron chi connectivity index (χ1n) is 8.88. The molecule has 0 saturated carbocycles. The van der Waals surface area contributed by atoms with Crippen LogP contribution in [-0.2, 0) is 9.63 Å². The molecule has 2 aliphatic heterocycles. The first kappa shape index (κ1) is 17.2. The summed E-state index contributed by atoms with van der Waals surface area (Å²) in [7, 11) is 0. The van der Waals surface area contributed by atoms with Gasteiger partial charge in [-0.05, 0) is 43.9 Å². The molecule has 0 spiro atoms. The number of nitrogens with zero attached hydrogens (tertiary/aromatic N) is 2. The Labute approximate surface area is 142 Å². The maximum atomic E-state index is 13.3. The van der Waals surface area contributed by atoms with Crippen LogP contribution in [0.15, 0.2) is 24.3 Å². The summed E-state index contributed by atoms with van der Waals surface area (Å²) in [5.41, 5.74) is 0.774. The molecule has 0 aliphatic carbocycles. The molecule has 0 aromatic heterocycles. The summed E-state index contributed by atoms with van der Waals surface area (Å²) in [5.74, 6) is -0.0693. The normalized spacial score (nSPS) is 22.4. The quantitative estimate of drug-likeness (QED) is 0.898. The molecule has 0 bridgehead atoms. The van der Waals surface area contributed by atoms with E-state index < -0.39 is 0 Å². The number of likely N-dealkylation sites (tertiary alicyclic amines) is 1. The van der Waals surface area contributed by atoms with E-state index in [2.05, 4.69) is 5.32 Å². The monoisotopic (exact) mass is 335 g/mol. The number of benzene rings is 1. The number of amides is 1. The van der Waals surface area contributed by atoms with Gasteiger partial charge in [0.05, 0.1) is 6.61 Å². The number of nitrogens with one attached hydrogen (secondary N) is 1. The van der Waals surface area contributed by atoms with E-state index in [1.165, 1.54) is 12.1 Å². The van der Waals surface area contributed by atoms with Crippen LogP contribution in [0.3, 0.4) is 0 Å². The average Bonchev–Trinajstić information content (AvgIpc) is 2.61. The molecule has 5 nitrogen and oxygen atoms in total. The predicted molar refractivity (Wildman–Crippen MR) is 91.0 cm³/mol. The zero-order chi connectivity index (χ0) is 16.8. The van der Waals surface area contributed by atoms with Crippen LogP contribution in [0.5, 0.6) is 0 Å². The van der Waals surface area contributed by atoms with Crippen LogP contribution in [0.25, 0.3) is 0 Å². The molecule has 1 aromatic rings. The van der Waals surface area contributed by atoms with Crippen LogP contribution in [0, 0.1) is 5.82 Å². The van der Waals surface area contributed by atoms with Crippen LogP contribution in [0.2, 0.25) is 0 Å². The van der Waals surface area contributed by atoms with Crippen molar-refractivity contribution in [2.24, 2.45) is 0 Å². The molecule has 2 aliphatic rings. The smallest absolute Gasteiger partial charge is 0.224 e. The summed E-state index contributed by atoms with van der Waals surface area (Å²) in [6.07, 6.45) is 4.70. The van der Waals surface area contributed by atoms with Crippen LogP contribution in [0.1, 0.15) is 32.1 Å². The Morgan fingerprint density at radius 3 is 3.00 bits per heavy atom. The summed E-state index contributed by atoms with van der Waals surface area (Å²) in [6.45, 7) is 3.82. The highest BCUT2D eigenvalue weighted by atomic mass is 19.1. The van der Waals surface area contributed by atoms with Crippen molar-refractivity contribution in [3.8, 4) is 0 Å². The van der Waals surface area contributed by atoms with Gasteiger partial charge in [-0.15, -0.1) is 0 Å². The predicted octanol–water partition coefficient (Wildman–Crippen LogP) is 2.65. The maximum absolute atomic E-state index is 13.3. The maximum Gasteiger partial charge on any atom is 0.224 e. The topological polar surface area (TPSA) is 44.8 Å². The number of piperidine rings is 1. The molecule has 3 rings (SSSR count). The zero-order valence-electron chi connectivity index (χ0n) is 14.0. The minimum absolute atomic E-state index is 0.176. The van der Waals surface area contributed by atoms with E-state index in [4.69, 9.17) is 4.84 Å². The molecule has 2 heterocycles. The SMILES string of the molecule is O=C(CCN1CCCCO1)N1CCC[C@@H](Nc2cccc(F)c2)C1. The summed E-state index contributed by atoms with van der Waals surface area (Å²) in [6, 6.07) is 6.66. The van der Waals surface area contributed by atoms with Crippen molar-refractivity contribution in [1.29, 1.82) is 0 Å². The van der Waals surface area contributed by atoms with E-state index in [0.717, 1.165) is 51.1 Å². The van der Waals surface area contributed by atoms with Crippen molar-refractivity contribution in [3.63, 3.8) is 0 Å². The molecule has 1 aromatic carbocycles. The lowest BCUT2D eigenvalue weighted by Gasteiger charge is -2.34. The second-order valence-corrected chi connectivity index (χ2v) is 6.55. The average molecular weight is 335 g/mol. The van der Waals surface area contributed by atoms with Crippen LogP contribution in [-0.4, -0.2) is 54.7 Å². The Morgan fingerprint density at radius 2 is 2.21 bits per heavy atom. The molecule has 2 fully saturated rings. The summed E-state index contributed by atoms with van der Waals surface area (Å²) >= 11 is 0. The highest BCUT2D eigenvalue weighted by Gasteiger charge is 2.24. The summed E-state index contributed by atoms with van der Waals surface area (Å²) < 4.78 is 13.3. The molecule has 0 unspecified atom stereocenters. The Bertz CT molecular complexity index is 549. The molecule has 6 heteroatoms. The van der Waals surface area contributed by atoms with E-state index in [-0.39, 0.29) is 17.8 Å². The Morgan fingerprint density at radius 1 is 1.29 bits per heavy atom. The number of hydrogen-bond acceptors (Lipinski definition) is 4. The third-order valence-electron chi connectivity index (χ3n) is 4.62. The largest absolute Gasteiger partial charge is 0.380 e. The standard InChI is InChI=1S/C18H26FN3O2/c19-15-5-3-6-16(13-15)20-17-7-4-9-21(14-17)18(23)8-11-22-10-1-2-12-24-22/h3,5-6,13,17,20H,1-2,4,7-12,14H2/t17-/m1/s1. The van der Waals surface area contributed by atoms with Crippen molar-refractivity contribution in [1.82, 2.24) is 9.96 Å². The Hall–Kier alpha value is -1.66. The molecule has 1 atom stereocenters. The Balaban J connectivity index is 1.46. The third-order valence-corrected chi connectivity index (χ3v) is 4.62. The number of hydroxylamine groups is 2. The van der Waals surface area contributed by atoms with Gasteiger partial charge in [0.25, 0.3) is 0 Å². The van der Waals surface area contributed by atoms with Gasteiger partial charge in [0, 0.05) is 44.3 Å². The fourth-order valence-electron chi connectivity index (χ4n) is 3.34. The fraction of sp³-hybridized carbons (Fsp3) is 0.611. The lowest BCUT2D eigenvalue weighted by molar-refractivity contribution is -0.182. The lowest BCUT2D eigenvalue weighted by Crippen LogP contribution is -2.46. The first-order chi connectivity index (χ1) is 11.7. The van der Waals surface area contributed by atoms with Crippen molar-refractivity contribution in [2.45, 2.75) is 38.1 Å². The summed E-state index contributed by atoms with van der Waals surface area (Å²) in [4.78, 5) is 19.9. The van der Waals surface area contributed by atoms with Gasteiger partial charge in [-0.25, -0.2) is 4.39 Å². The number of halogens is 1. The molecule has 24 heavy (non-hydrogen) atoms. The number of carbonyl (C=O) groups is 1. The number of rotatable bonds is 5. The molecule has 132 valence electrons. The van der Waals surface area contributed by atoms with Gasteiger partial charge in [0.2, 0.25) is 5.91 Å². The van der Waals surface area contributed by atoms with Crippen LogP contribution < -0.4 is 5.32 Å². The van der Waals surface area contributed by atoms with E-state index in [1.807, 2.05) is 16.0 Å². The third kappa shape index (κ3) is 4.92. The van der Waals surface area contributed by atoms with Gasteiger partial charge < -0.3 is 10.2 Å². The number of hydrogen-bond donors (Lipinski definition) is 1. The summed E-state index contributed by atoms with van der Waals surface area (Å²) in [5, 5.41) is 5.25. The van der Waals surface area contributed by atoms with E-state index >= 15 is 0 Å². The van der Waals surface area contributed by atoms with Crippen LogP contribution in [0.4, 0.5) is 10.1 Å². The molecule has 2 saturated heterocycles. The fourth-order valence-corrected chi connectivity index (χ4v) is 3.34. The van der Waals surface area contributed by atoms with Gasteiger partial charge in [-0.3, -0.25) is 9.63 Å². The minimum atomic E-state index is -0.245. The number of anilines is 1. The van der Waals surface area contributed by atoms with Crippen molar-refractivity contribution in [2.75, 3.05) is 38.1 Å². The van der Waals surface area contributed by atoms with Gasteiger partial charge in [0.15, 0.2) is 0 Å². The van der Waals surface area contributed by atoms with Crippen molar-refractivity contribution in [3.05, 3.63) is 30.1 Å². The van der Waals surface area contributed by atoms with Gasteiger partial charge in [-0.1, -0.05) is 6.07 Å². The second kappa shape index (κ2) is 8.44. The number of carbonyl (C=O) groups excluding carboxylic acids is 1. The molecular weight excluding hydrogens is 309 g/mol. The molecular formula is C18H26FN3O2. The van der Waals surface area contributed by atoms with E-state index in [1.54, 1.807) is 6.07 Å². The molecule has 0 radical (unpaired) electrons. The Kier molecular flexibility index (Phi) is 6.04. The highest BCUT2D eigenvalue weighted by molar-refractivity contribution is 5.76. The van der Waals surface area contributed by atoms with E-state index in [9.17, 15) is 9.18 Å². The van der Waals surface area contributed by atoms with Crippen molar-refractivity contribution < 1.29 is 14.0 Å². The lowest BCUT2D eigenvalue weighted by atomic mass is 10.0. The first-order valence-corrected chi connectivity index (χ1v) is 8.88.